The SMILES string of the molecule is CN(C)C1(CNC2CCC(C(C)(C)C)CC2)CCCCC1. The Morgan fingerprint density at radius 3 is 2.00 bits per heavy atom. The lowest BCUT2D eigenvalue weighted by Crippen LogP contribution is -2.54. The fourth-order valence-electron chi connectivity index (χ4n) is 4.49. The summed E-state index contributed by atoms with van der Waals surface area (Å²) < 4.78 is 0. The Balaban J connectivity index is 1.80. The standard InChI is InChI=1S/C19H38N2/c1-18(2,3)16-9-11-17(12-10-16)20-15-19(21(4)5)13-7-6-8-14-19/h16-17,20H,6-15H2,1-5H3. The minimum absolute atomic E-state index is 0.430. The lowest BCUT2D eigenvalue weighted by molar-refractivity contribution is 0.0877. The summed E-state index contributed by atoms with van der Waals surface area (Å²) in [7, 11) is 4.56. The molecule has 2 aliphatic rings. The van der Waals surface area contributed by atoms with Gasteiger partial charge >= 0.3 is 0 Å². The highest BCUT2D eigenvalue weighted by molar-refractivity contribution is 4.94. The molecule has 1 N–H and O–H groups in total. The Morgan fingerprint density at radius 1 is 0.952 bits per heavy atom. The van der Waals surface area contributed by atoms with E-state index in [1.54, 1.807) is 0 Å². The predicted molar refractivity (Wildman–Crippen MR) is 92.7 cm³/mol. The highest BCUT2D eigenvalue weighted by Crippen LogP contribution is 2.38. The third-order valence-electron chi connectivity index (χ3n) is 6.40. The van der Waals surface area contributed by atoms with Gasteiger partial charge in [0, 0.05) is 18.1 Å². The summed E-state index contributed by atoms with van der Waals surface area (Å²) in [6, 6.07) is 0.766. The van der Waals surface area contributed by atoms with Crippen LogP contribution in [0, 0.1) is 11.3 Å². The van der Waals surface area contributed by atoms with E-state index in [1.165, 1.54) is 64.3 Å². The van der Waals surface area contributed by atoms with Crippen LogP contribution in [0.25, 0.3) is 0 Å². The lowest BCUT2D eigenvalue weighted by atomic mass is 9.71. The number of nitrogens with one attached hydrogen (secondary N) is 1. The first kappa shape index (κ1) is 17.3. The molecule has 0 aromatic carbocycles. The van der Waals surface area contributed by atoms with Crippen molar-refractivity contribution < 1.29 is 0 Å². The average Bonchev–Trinajstić information content (AvgIpc) is 2.45. The monoisotopic (exact) mass is 294 g/mol. The van der Waals surface area contributed by atoms with Crippen LogP contribution in [-0.4, -0.2) is 37.1 Å². The van der Waals surface area contributed by atoms with Gasteiger partial charge in [-0.1, -0.05) is 40.0 Å². The molecule has 0 saturated heterocycles. The third kappa shape index (κ3) is 4.45. The predicted octanol–water partition coefficient (Wildman–Crippen LogP) is 4.45. The van der Waals surface area contributed by atoms with Crippen LogP contribution in [0.2, 0.25) is 0 Å². The van der Waals surface area contributed by atoms with Crippen molar-refractivity contribution in [2.24, 2.45) is 11.3 Å². The maximum absolute atomic E-state index is 3.94. The molecule has 0 spiro atoms. The normalized spacial score (nSPS) is 30.6. The largest absolute Gasteiger partial charge is 0.312 e. The molecule has 2 aliphatic carbocycles. The van der Waals surface area contributed by atoms with E-state index in [2.05, 4.69) is 45.1 Å². The van der Waals surface area contributed by atoms with E-state index in [1.807, 2.05) is 0 Å². The molecule has 0 radical (unpaired) electrons. The summed E-state index contributed by atoms with van der Waals surface area (Å²) >= 11 is 0. The summed E-state index contributed by atoms with van der Waals surface area (Å²) in [6.45, 7) is 8.43. The summed E-state index contributed by atoms with van der Waals surface area (Å²) in [4.78, 5) is 2.50. The number of hydrogen-bond acceptors (Lipinski definition) is 2. The van der Waals surface area contributed by atoms with Crippen molar-refractivity contribution in [3.63, 3.8) is 0 Å². The van der Waals surface area contributed by atoms with Crippen LogP contribution in [0.4, 0.5) is 0 Å². The summed E-state index contributed by atoms with van der Waals surface area (Å²) in [5.74, 6) is 0.924. The van der Waals surface area contributed by atoms with Gasteiger partial charge in [0.2, 0.25) is 0 Å². The molecule has 2 rings (SSSR count). The summed E-state index contributed by atoms with van der Waals surface area (Å²) in [6.07, 6.45) is 12.6. The molecular weight excluding hydrogens is 256 g/mol. The number of likely N-dealkylation sites (N-methyl/N-ethyl adjacent to an activating group) is 1. The van der Waals surface area contributed by atoms with Crippen molar-refractivity contribution in [3.8, 4) is 0 Å². The van der Waals surface area contributed by atoms with Gasteiger partial charge in [-0.05, 0) is 64.0 Å². The van der Waals surface area contributed by atoms with Gasteiger partial charge in [0.1, 0.15) is 0 Å². The average molecular weight is 295 g/mol. The molecule has 21 heavy (non-hydrogen) atoms. The first-order chi connectivity index (χ1) is 9.83. The molecule has 124 valence electrons. The van der Waals surface area contributed by atoms with E-state index in [9.17, 15) is 0 Å². The van der Waals surface area contributed by atoms with Crippen molar-refractivity contribution >= 4 is 0 Å². The molecule has 2 fully saturated rings. The Hall–Kier alpha value is -0.0800. The zero-order chi connectivity index (χ0) is 15.5. The maximum Gasteiger partial charge on any atom is 0.0327 e. The van der Waals surface area contributed by atoms with Crippen molar-refractivity contribution in [2.45, 2.75) is 90.1 Å². The number of rotatable bonds is 4. The Labute approximate surface area is 133 Å². The second-order valence-corrected chi connectivity index (χ2v) is 8.97. The van der Waals surface area contributed by atoms with Crippen LogP contribution in [0.1, 0.15) is 78.6 Å². The molecule has 2 nitrogen and oxygen atoms in total. The zero-order valence-electron chi connectivity index (χ0n) is 15.2. The highest BCUT2D eigenvalue weighted by Gasteiger charge is 2.35. The molecule has 0 aliphatic heterocycles. The maximum atomic E-state index is 3.94. The van der Waals surface area contributed by atoms with Gasteiger partial charge in [0.05, 0.1) is 0 Å². The van der Waals surface area contributed by atoms with Crippen molar-refractivity contribution in [1.82, 2.24) is 10.2 Å². The van der Waals surface area contributed by atoms with Crippen LogP contribution in [0.5, 0.6) is 0 Å². The van der Waals surface area contributed by atoms with Crippen LogP contribution in [0.3, 0.4) is 0 Å². The van der Waals surface area contributed by atoms with Gasteiger partial charge in [0.15, 0.2) is 0 Å². The van der Waals surface area contributed by atoms with Gasteiger partial charge < -0.3 is 10.2 Å². The van der Waals surface area contributed by atoms with E-state index in [0.717, 1.165) is 12.0 Å². The van der Waals surface area contributed by atoms with Gasteiger partial charge in [-0.3, -0.25) is 0 Å². The summed E-state index contributed by atoms with van der Waals surface area (Å²) in [5.41, 5.74) is 0.929. The van der Waals surface area contributed by atoms with E-state index in [-0.39, 0.29) is 0 Å². The fraction of sp³-hybridized carbons (Fsp3) is 1.00. The Bertz CT molecular complexity index is 302. The topological polar surface area (TPSA) is 15.3 Å². The number of nitrogens with zero attached hydrogens (tertiary/aromatic N) is 1. The minimum atomic E-state index is 0.430. The number of hydrogen-bond donors (Lipinski definition) is 1. The summed E-state index contributed by atoms with van der Waals surface area (Å²) in [5, 5.41) is 3.94. The molecular formula is C19H38N2. The molecule has 2 heteroatoms. The third-order valence-corrected chi connectivity index (χ3v) is 6.40. The Kier molecular flexibility index (Phi) is 5.76. The van der Waals surface area contributed by atoms with Crippen LogP contribution >= 0.6 is 0 Å². The second-order valence-electron chi connectivity index (χ2n) is 8.97. The zero-order valence-corrected chi connectivity index (χ0v) is 15.2. The molecule has 0 amide bonds. The minimum Gasteiger partial charge on any atom is -0.312 e. The fourth-order valence-corrected chi connectivity index (χ4v) is 4.49. The van der Waals surface area contributed by atoms with Crippen molar-refractivity contribution in [1.29, 1.82) is 0 Å². The highest BCUT2D eigenvalue weighted by atomic mass is 15.2. The van der Waals surface area contributed by atoms with E-state index >= 15 is 0 Å². The smallest absolute Gasteiger partial charge is 0.0327 e. The van der Waals surface area contributed by atoms with E-state index in [4.69, 9.17) is 0 Å². The molecule has 0 heterocycles. The molecule has 0 aromatic rings. The molecule has 0 atom stereocenters. The molecule has 2 saturated carbocycles. The van der Waals surface area contributed by atoms with Gasteiger partial charge in [-0.25, -0.2) is 0 Å². The van der Waals surface area contributed by atoms with E-state index < -0.39 is 0 Å². The molecule has 0 unspecified atom stereocenters. The van der Waals surface area contributed by atoms with Gasteiger partial charge in [-0.15, -0.1) is 0 Å². The molecule has 0 aromatic heterocycles. The van der Waals surface area contributed by atoms with Crippen LogP contribution < -0.4 is 5.32 Å². The first-order valence-corrected chi connectivity index (χ1v) is 9.24. The first-order valence-electron chi connectivity index (χ1n) is 9.24. The van der Waals surface area contributed by atoms with Crippen LogP contribution in [-0.2, 0) is 0 Å². The second kappa shape index (κ2) is 7.00. The van der Waals surface area contributed by atoms with Crippen molar-refractivity contribution in [2.75, 3.05) is 20.6 Å². The Morgan fingerprint density at radius 2 is 1.52 bits per heavy atom. The van der Waals surface area contributed by atoms with Crippen molar-refractivity contribution in [3.05, 3.63) is 0 Å². The molecule has 0 bridgehead atoms. The van der Waals surface area contributed by atoms with Gasteiger partial charge in [0.25, 0.3) is 0 Å². The quantitative estimate of drug-likeness (QED) is 0.824. The van der Waals surface area contributed by atoms with E-state index in [0.29, 0.717) is 11.0 Å². The van der Waals surface area contributed by atoms with Crippen LogP contribution in [0.15, 0.2) is 0 Å². The lowest BCUT2D eigenvalue weighted by Gasteiger charge is -2.45. The van der Waals surface area contributed by atoms with Gasteiger partial charge in [-0.2, -0.15) is 0 Å².